The zero-order chi connectivity index (χ0) is 7.66. The first-order chi connectivity index (χ1) is 4.91. The SMILES string of the molecule is CCOCCSCOCC. The molecule has 0 aliphatic carbocycles. The predicted octanol–water partition coefficient (Wildman–Crippen LogP) is 1.75. The first-order valence-corrected chi connectivity index (χ1v) is 4.80. The lowest BCUT2D eigenvalue weighted by Gasteiger charge is -2.00. The summed E-state index contributed by atoms with van der Waals surface area (Å²) in [6, 6.07) is 0. The van der Waals surface area contributed by atoms with E-state index in [-0.39, 0.29) is 0 Å². The second-order valence-electron chi connectivity index (χ2n) is 1.72. The van der Waals surface area contributed by atoms with Gasteiger partial charge in [-0.15, -0.1) is 11.8 Å². The summed E-state index contributed by atoms with van der Waals surface area (Å²) in [5.74, 6) is 1.83. The summed E-state index contributed by atoms with van der Waals surface area (Å²) in [5, 5.41) is 0. The molecule has 0 unspecified atom stereocenters. The molecule has 0 saturated heterocycles. The van der Waals surface area contributed by atoms with Crippen LogP contribution in [0.15, 0.2) is 0 Å². The highest BCUT2D eigenvalue weighted by Gasteiger charge is 1.86. The van der Waals surface area contributed by atoms with Gasteiger partial charge in [0.25, 0.3) is 0 Å². The van der Waals surface area contributed by atoms with Gasteiger partial charge >= 0.3 is 0 Å². The van der Waals surface area contributed by atoms with Gasteiger partial charge in [-0.25, -0.2) is 0 Å². The molecule has 0 aromatic carbocycles. The van der Waals surface area contributed by atoms with Gasteiger partial charge in [-0.1, -0.05) is 0 Å². The molecule has 0 rings (SSSR count). The molecule has 0 aromatic rings. The zero-order valence-electron chi connectivity index (χ0n) is 6.76. The van der Waals surface area contributed by atoms with Crippen molar-refractivity contribution < 1.29 is 9.47 Å². The summed E-state index contributed by atoms with van der Waals surface area (Å²) < 4.78 is 10.3. The minimum absolute atomic E-state index is 0.795. The Morgan fingerprint density at radius 3 is 2.40 bits per heavy atom. The van der Waals surface area contributed by atoms with Gasteiger partial charge in [-0.05, 0) is 13.8 Å². The third kappa shape index (κ3) is 8.27. The molecule has 0 aliphatic heterocycles. The lowest BCUT2D eigenvalue weighted by molar-refractivity contribution is 0.163. The second kappa shape index (κ2) is 9.27. The fraction of sp³-hybridized carbons (Fsp3) is 1.00. The molecule has 0 N–H and O–H groups in total. The molecule has 3 heteroatoms. The largest absolute Gasteiger partial charge is 0.381 e. The van der Waals surface area contributed by atoms with Crippen LogP contribution in [0.25, 0.3) is 0 Å². The van der Waals surface area contributed by atoms with Crippen molar-refractivity contribution in [3.8, 4) is 0 Å². The second-order valence-corrected chi connectivity index (χ2v) is 2.77. The van der Waals surface area contributed by atoms with Crippen LogP contribution in [-0.2, 0) is 9.47 Å². The molecular formula is C7H16O2S. The Morgan fingerprint density at radius 2 is 1.80 bits per heavy atom. The number of ether oxygens (including phenoxy) is 2. The monoisotopic (exact) mass is 164 g/mol. The summed E-state index contributed by atoms with van der Waals surface area (Å²) >= 11 is 1.77. The first kappa shape index (κ1) is 10.3. The van der Waals surface area contributed by atoms with Crippen molar-refractivity contribution in [2.75, 3.05) is 31.5 Å². The average molecular weight is 164 g/mol. The van der Waals surface area contributed by atoms with E-state index in [4.69, 9.17) is 9.47 Å². The van der Waals surface area contributed by atoms with E-state index in [1.54, 1.807) is 11.8 Å². The first-order valence-electron chi connectivity index (χ1n) is 3.65. The van der Waals surface area contributed by atoms with Crippen LogP contribution in [0.4, 0.5) is 0 Å². The van der Waals surface area contributed by atoms with E-state index in [0.29, 0.717) is 0 Å². The van der Waals surface area contributed by atoms with Crippen LogP contribution in [0.3, 0.4) is 0 Å². The highest BCUT2D eigenvalue weighted by molar-refractivity contribution is 7.99. The maximum Gasteiger partial charge on any atom is 0.0921 e. The third-order valence-electron chi connectivity index (χ3n) is 0.947. The standard InChI is InChI=1S/C7H16O2S/c1-3-8-5-6-10-7-9-4-2/h3-7H2,1-2H3. The number of hydrogen-bond donors (Lipinski definition) is 0. The molecule has 0 radical (unpaired) electrons. The van der Waals surface area contributed by atoms with E-state index >= 15 is 0 Å². The predicted molar refractivity (Wildman–Crippen MR) is 45.4 cm³/mol. The smallest absolute Gasteiger partial charge is 0.0921 e. The van der Waals surface area contributed by atoms with E-state index in [1.165, 1.54) is 0 Å². The Hall–Kier alpha value is 0.270. The van der Waals surface area contributed by atoms with Crippen molar-refractivity contribution in [1.29, 1.82) is 0 Å². The third-order valence-corrected chi connectivity index (χ3v) is 1.74. The Labute approximate surface area is 67.3 Å². The zero-order valence-corrected chi connectivity index (χ0v) is 7.58. The van der Waals surface area contributed by atoms with Crippen molar-refractivity contribution >= 4 is 11.8 Å². The number of thioether (sulfide) groups is 1. The van der Waals surface area contributed by atoms with Gasteiger partial charge in [0.1, 0.15) is 0 Å². The minimum Gasteiger partial charge on any atom is -0.381 e. The maximum absolute atomic E-state index is 5.14. The van der Waals surface area contributed by atoms with Crippen LogP contribution < -0.4 is 0 Å². The van der Waals surface area contributed by atoms with Crippen LogP contribution in [0.2, 0.25) is 0 Å². The van der Waals surface area contributed by atoms with E-state index in [2.05, 4.69) is 0 Å². The Bertz CT molecular complexity index is 51.6. The quantitative estimate of drug-likeness (QED) is 0.422. The van der Waals surface area contributed by atoms with E-state index in [9.17, 15) is 0 Å². The molecule has 0 heterocycles. The molecule has 2 nitrogen and oxygen atoms in total. The minimum atomic E-state index is 0.795. The van der Waals surface area contributed by atoms with Crippen molar-refractivity contribution in [3.63, 3.8) is 0 Å². The highest BCUT2D eigenvalue weighted by Crippen LogP contribution is 1.99. The van der Waals surface area contributed by atoms with Crippen LogP contribution in [0.1, 0.15) is 13.8 Å². The molecule has 0 fully saturated rings. The molecule has 10 heavy (non-hydrogen) atoms. The van der Waals surface area contributed by atoms with Crippen LogP contribution in [-0.4, -0.2) is 31.5 Å². The Morgan fingerprint density at radius 1 is 1.10 bits per heavy atom. The van der Waals surface area contributed by atoms with Crippen molar-refractivity contribution in [1.82, 2.24) is 0 Å². The summed E-state index contributed by atoms with van der Waals surface area (Å²) in [6.07, 6.45) is 0. The fourth-order valence-corrected chi connectivity index (χ4v) is 1.10. The number of hydrogen-bond acceptors (Lipinski definition) is 3. The molecule has 0 atom stereocenters. The number of rotatable bonds is 7. The van der Waals surface area contributed by atoms with Crippen LogP contribution in [0.5, 0.6) is 0 Å². The normalized spacial score (nSPS) is 10.2. The summed E-state index contributed by atoms with van der Waals surface area (Å²) in [6.45, 7) is 6.47. The topological polar surface area (TPSA) is 18.5 Å². The van der Waals surface area contributed by atoms with Crippen LogP contribution in [0, 0.1) is 0 Å². The summed E-state index contributed by atoms with van der Waals surface area (Å²) in [7, 11) is 0. The molecule has 0 bridgehead atoms. The Kier molecular flexibility index (Phi) is 9.52. The van der Waals surface area contributed by atoms with Gasteiger partial charge in [-0.3, -0.25) is 0 Å². The van der Waals surface area contributed by atoms with Gasteiger partial charge in [0.15, 0.2) is 0 Å². The molecule has 0 saturated carbocycles. The molecule has 0 amide bonds. The van der Waals surface area contributed by atoms with Crippen molar-refractivity contribution in [3.05, 3.63) is 0 Å². The van der Waals surface area contributed by atoms with Gasteiger partial charge in [0.05, 0.1) is 12.5 Å². The lowest BCUT2D eigenvalue weighted by atomic mass is 10.8. The molecule has 0 spiro atoms. The van der Waals surface area contributed by atoms with E-state index in [0.717, 1.165) is 31.5 Å². The highest BCUT2D eigenvalue weighted by atomic mass is 32.2. The fourth-order valence-electron chi connectivity index (χ4n) is 0.463. The van der Waals surface area contributed by atoms with Gasteiger partial charge < -0.3 is 9.47 Å². The molecule has 0 aromatic heterocycles. The van der Waals surface area contributed by atoms with E-state index < -0.39 is 0 Å². The van der Waals surface area contributed by atoms with Crippen molar-refractivity contribution in [2.24, 2.45) is 0 Å². The molecule has 62 valence electrons. The summed E-state index contributed by atoms with van der Waals surface area (Å²) in [4.78, 5) is 0. The van der Waals surface area contributed by atoms with Gasteiger partial charge in [0, 0.05) is 19.0 Å². The molecular weight excluding hydrogens is 148 g/mol. The van der Waals surface area contributed by atoms with Gasteiger partial charge in [-0.2, -0.15) is 0 Å². The van der Waals surface area contributed by atoms with Gasteiger partial charge in [0.2, 0.25) is 0 Å². The lowest BCUT2D eigenvalue weighted by Crippen LogP contribution is -1.98. The van der Waals surface area contributed by atoms with Crippen molar-refractivity contribution in [2.45, 2.75) is 13.8 Å². The van der Waals surface area contributed by atoms with Crippen LogP contribution >= 0.6 is 11.8 Å². The maximum atomic E-state index is 5.14. The average Bonchev–Trinajstić information content (AvgIpc) is 1.97. The van der Waals surface area contributed by atoms with E-state index in [1.807, 2.05) is 13.8 Å². The Balaban J connectivity index is 2.65. The molecule has 0 aliphatic rings. The summed E-state index contributed by atoms with van der Waals surface area (Å²) in [5.41, 5.74) is 0.